The Bertz CT molecular complexity index is 595. The van der Waals surface area contributed by atoms with Crippen LogP contribution in [0.4, 0.5) is 0 Å². The standard InChI is InChI=1S/C21H25ClO/c1-23-15-14-16-2-4-17(5-3-16)18-6-8-19(9-7-18)20-10-12-21(22)13-11-20/h6-13,16-17H,2-5,14-15H2,1H3/t16-,17-. The van der Waals surface area contributed by atoms with Crippen molar-refractivity contribution in [1.29, 1.82) is 0 Å². The maximum absolute atomic E-state index is 5.96. The van der Waals surface area contributed by atoms with E-state index in [1.807, 2.05) is 12.1 Å². The minimum atomic E-state index is 0.730. The highest BCUT2D eigenvalue weighted by Crippen LogP contribution is 2.37. The highest BCUT2D eigenvalue weighted by molar-refractivity contribution is 6.30. The van der Waals surface area contributed by atoms with Crippen LogP contribution in [0.2, 0.25) is 5.02 Å². The van der Waals surface area contributed by atoms with Crippen molar-refractivity contribution < 1.29 is 4.74 Å². The molecule has 3 rings (SSSR count). The topological polar surface area (TPSA) is 9.23 Å². The van der Waals surface area contributed by atoms with Crippen LogP contribution in [0, 0.1) is 5.92 Å². The quantitative estimate of drug-likeness (QED) is 0.624. The fourth-order valence-electron chi connectivity index (χ4n) is 3.66. The van der Waals surface area contributed by atoms with Gasteiger partial charge in [0, 0.05) is 18.7 Å². The maximum atomic E-state index is 5.96. The molecule has 0 spiro atoms. The van der Waals surface area contributed by atoms with Crippen molar-refractivity contribution in [3.05, 3.63) is 59.1 Å². The number of rotatable bonds is 5. The maximum Gasteiger partial charge on any atom is 0.0464 e. The molecule has 0 atom stereocenters. The first-order chi connectivity index (χ1) is 11.3. The number of halogens is 1. The molecular formula is C21H25ClO. The van der Waals surface area contributed by atoms with Gasteiger partial charge in [0.25, 0.3) is 0 Å². The Morgan fingerprint density at radius 2 is 1.43 bits per heavy atom. The molecule has 0 radical (unpaired) electrons. The van der Waals surface area contributed by atoms with Gasteiger partial charge in [-0.3, -0.25) is 0 Å². The largest absolute Gasteiger partial charge is 0.385 e. The minimum Gasteiger partial charge on any atom is -0.385 e. The number of ether oxygens (including phenoxy) is 1. The Balaban J connectivity index is 1.61. The van der Waals surface area contributed by atoms with Crippen LogP contribution in [0.15, 0.2) is 48.5 Å². The van der Waals surface area contributed by atoms with Gasteiger partial charge in [-0.15, -0.1) is 0 Å². The van der Waals surface area contributed by atoms with E-state index in [0.29, 0.717) is 0 Å². The van der Waals surface area contributed by atoms with Crippen LogP contribution in [-0.2, 0) is 4.74 Å². The van der Waals surface area contributed by atoms with Gasteiger partial charge in [0.15, 0.2) is 0 Å². The molecule has 1 fully saturated rings. The SMILES string of the molecule is COCC[C@H]1CC[C@H](c2ccc(-c3ccc(Cl)cc3)cc2)CC1. The van der Waals surface area contributed by atoms with Gasteiger partial charge < -0.3 is 4.74 Å². The first-order valence-electron chi connectivity index (χ1n) is 8.61. The van der Waals surface area contributed by atoms with E-state index in [2.05, 4.69) is 36.4 Å². The minimum absolute atomic E-state index is 0.730. The third kappa shape index (κ3) is 4.37. The average Bonchev–Trinajstić information content (AvgIpc) is 2.61. The van der Waals surface area contributed by atoms with Crippen LogP contribution in [0.25, 0.3) is 11.1 Å². The van der Waals surface area contributed by atoms with Gasteiger partial charge in [0.2, 0.25) is 0 Å². The summed E-state index contributed by atoms with van der Waals surface area (Å²) < 4.78 is 5.21. The van der Waals surface area contributed by atoms with Gasteiger partial charge in [0.05, 0.1) is 0 Å². The molecule has 0 N–H and O–H groups in total. The fourth-order valence-corrected chi connectivity index (χ4v) is 3.79. The summed E-state index contributed by atoms with van der Waals surface area (Å²) in [6.45, 7) is 0.908. The Kier molecular flexibility index (Phi) is 5.75. The average molecular weight is 329 g/mol. The van der Waals surface area contributed by atoms with Gasteiger partial charge >= 0.3 is 0 Å². The van der Waals surface area contributed by atoms with Crippen LogP contribution in [0.5, 0.6) is 0 Å². The van der Waals surface area contributed by atoms with Gasteiger partial charge in [-0.1, -0.05) is 48.0 Å². The molecule has 0 amide bonds. The lowest BCUT2D eigenvalue weighted by Gasteiger charge is -2.28. The normalized spacial score (nSPS) is 21.3. The zero-order chi connectivity index (χ0) is 16.1. The summed E-state index contributed by atoms with van der Waals surface area (Å²) in [4.78, 5) is 0. The molecule has 0 unspecified atom stereocenters. The van der Waals surface area contributed by atoms with Crippen molar-refractivity contribution in [2.45, 2.75) is 38.0 Å². The molecule has 1 nitrogen and oxygen atoms in total. The van der Waals surface area contributed by atoms with Gasteiger partial charge in [-0.25, -0.2) is 0 Å². The molecular weight excluding hydrogens is 304 g/mol. The Morgan fingerprint density at radius 3 is 2.00 bits per heavy atom. The Morgan fingerprint density at radius 1 is 0.870 bits per heavy atom. The van der Waals surface area contributed by atoms with Crippen LogP contribution in [-0.4, -0.2) is 13.7 Å². The number of benzene rings is 2. The van der Waals surface area contributed by atoms with Crippen LogP contribution >= 0.6 is 11.6 Å². The van der Waals surface area contributed by atoms with Crippen molar-refractivity contribution in [2.75, 3.05) is 13.7 Å². The van der Waals surface area contributed by atoms with Crippen LogP contribution in [0.1, 0.15) is 43.6 Å². The van der Waals surface area contributed by atoms with Crippen molar-refractivity contribution in [2.24, 2.45) is 5.92 Å². The van der Waals surface area contributed by atoms with Gasteiger partial charge in [0.1, 0.15) is 0 Å². The summed E-state index contributed by atoms with van der Waals surface area (Å²) >= 11 is 5.96. The monoisotopic (exact) mass is 328 g/mol. The molecule has 0 aliphatic heterocycles. The summed E-state index contributed by atoms with van der Waals surface area (Å²) in [7, 11) is 1.80. The van der Waals surface area contributed by atoms with E-state index in [1.54, 1.807) is 7.11 Å². The molecule has 0 bridgehead atoms. The third-order valence-electron chi connectivity index (χ3n) is 5.14. The molecule has 0 heterocycles. The highest BCUT2D eigenvalue weighted by atomic mass is 35.5. The van der Waals surface area contributed by atoms with E-state index in [1.165, 1.54) is 48.8 Å². The van der Waals surface area contributed by atoms with Crippen LogP contribution < -0.4 is 0 Å². The predicted octanol–water partition coefficient (Wildman–Crippen LogP) is 6.32. The molecule has 2 heteroatoms. The molecule has 1 saturated carbocycles. The summed E-state index contributed by atoms with van der Waals surface area (Å²) in [5, 5.41) is 0.788. The fraction of sp³-hybridized carbons (Fsp3) is 0.429. The molecule has 2 aromatic rings. The van der Waals surface area contributed by atoms with E-state index < -0.39 is 0 Å². The molecule has 0 saturated heterocycles. The molecule has 2 aromatic carbocycles. The predicted molar refractivity (Wildman–Crippen MR) is 98.1 cm³/mol. The van der Waals surface area contributed by atoms with E-state index in [-0.39, 0.29) is 0 Å². The third-order valence-corrected chi connectivity index (χ3v) is 5.39. The van der Waals surface area contributed by atoms with E-state index >= 15 is 0 Å². The van der Waals surface area contributed by atoms with Gasteiger partial charge in [-0.05, 0) is 72.8 Å². The molecule has 1 aliphatic carbocycles. The zero-order valence-electron chi connectivity index (χ0n) is 13.8. The van der Waals surface area contributed by atoms with E-state index in [9.17, 15) is 0 Å². The molecule has 0 aromatic heterocycles. The Hall–Kier alpha value is -1.31. The number of methoxy groups -OCH3 is 1. The molecule has 1 aliphatic rings. The number of hydrogen-bond donors (Lipinski definition) is 0. The second-order valence-corrected chi connectivity index (χ2v) is 7.06. The summed E-state index contributed by atoms with van der Waals surface area (Å²) in [6, 6.07) is 17.2. The smallest absolute Gasteiger partial charge is 0.0464 e. The Labute approximate surface area is 144 Å². The second-order valence-electron chi connectivity index (χ2n) is 6.63. The summed E-state index contributed by atoms with van der Waals surface area (Å²) in [5.41, 5.74) is 3.98. The second kappa shape index (κ2) is 7.99. The lowest BCUT2D eigenvalue weighted by Crippen LogP contribution is -2.14. The zero-order valence-corrected chi connectivity index (χ0v) is 14.6. The van der Waals surface area contributed by atoms with Crippen molar-refractivity contribution >= 4 is 11.6 Å². The first-order valence-corrected chi connectivity index (χ1v) is 8.99. The van der Waals surface area contributed by atoms with Crippen LogP contribution in [0.3, 0.4) is 0 Å². The number of hydrogen-bond acceptors (Lipinski definition) is 1. The summed E-state index contributed by atoms with van der Waals surface area (Å²) in [5.74, 6) is 1.59. The van der Waals surface area contributed by atoms with Crippen molar-refractivity contribution in [3.63, 3.8) is 0 Å². The lowest BCUT2D eigenvalue weighted by molar-refractivity contribution is 0.163. The first kappa shape index (κ1) is 16.5. The van der Waals surface area contributed by atoms with Gasteiger partial charge in [-0.2, -0.15) is 0 Å². The highest BCUT2D eigenvalue weighted by Gasteiger charge is 2.22. The van der Waals surface area contributed by atoms with Crippen molar-refractivity contribution in [3.8, 4) is 11.1 Å². The van der Waals surface area contributed by atoms with E-state index in [4.69, 9.17) is 16.3 Å². The van der Waals surface area contributed by atoms with Crippen molar-refractivity contribution in [1.82, 2.24) is 0 Å². The molecule has 23 heavy (non-hydrogen) atoms. The lowest BCUT2D eigenvalue weighted by atomic mass is 9.77. The van der Waals surface area contributed by atoms with E-state index in [0.717, 1.165) is 23.5 Å². The summed E-state index contributed by atoms with van der Waals surface area (Å²) in [6.07, 6.45) is 6.53. The molecule has 122 valence electrons.